The highest BCUT2D eigenvalue weighted by molar-refractivity contribution is 7.89. The molecule has 6 nitrogen and oxygen atoms in total. The summed E-state index contributed by atoms with van der Waals surface area (Å²) in [7, 11) is 0.493. The molecule has 0 atom stereocenters. The zero-order chi connectivity index (χ0) is 22.6. The van der Waals surface area contributed by atoms with Crippen LogP contribution in [0, 0.1) is 6.92 Å². The van der Waals surface area contributed by atoms with Crippen LogP contribution in [0.25, 0.3) is 0 Å². The van der Waals surface area contributed by atoms with Crippen molar-refractivity contribution in [1.82, 2.24) is 4.31 Å². The molecule has 1 amide bonds. The molecule has 0 aliphatic rings. The van der Waals surface area contributed by atoms with E-state index in [2.05, 4.69) is 0 Å². The van der Waals surface area contributed by atoms with E-state index in [1.807, 2.05) is 61.5 Å². The van der Waals surface area contributed by atoms with Gasteiger partial charge in [-0.15, -0.1) is 0 Å². The number of hydrogen-bond donors (Lipinski definition) is 0. The molecule has 0 saturated carbocycles. The maximum Gasteiger partial charge on any atom is 0.258 e. The summed E-state index contributed by atoms with van der Waals surface area (Å²) in [5.74, 6) is -0.110. The lowest BCUT2D eigenvalue weighted by atomic mass is 10.1. The van der Waals surface area contributed by atoms with E-state index >= 15 is 0 Å². The van der Waals surface area contributed by atoms with Gasteiger partial charge in [0.05, 0.1) is 13.7 Å². The second kappa shape index (κ2) is 9.32. The molecule has 0 saturated heterocycles. The second-order valence-corrected chi connectivity index (χ2v) is 9.49. The van der Waals surface area contributed by atoms with Crippen LogP contribution < -0.4 is 9.64 Å². The van der Waals surface area contributed by atoms with Crippen molar-refractivity contribution in [2.45, 2.75) is 18.4 Å². The van der Waals surface area contributed by atoms with E-state index in [0.29, 0.717) is 6.54 Å². The molecule has 0 aromatic heterocycles. The number of sulfonamides is 1. The predicted octanol–water partition coefficient (Wildman–Crippen LogP) is 4.10. The molecule has 3 aromatic rings. The van der Waals surface area contributed by atoms with E-state index in [4.69, 9.17) is 4.74 Å². The Morgan fingerprint density at radius 2 is 1.58 bits per heavy atom. The minimum Gasteiger partial charge on any atom is -0.495 e. The molecule has 0 unspecified atom stereocenters. The molecule has 0 spiro atoms. The predicted molar refractivity (Wildman–Crippen MR) is 122 cm³/mol. The second-order valence-electron chi connectivity index (χ2n) is 7.37. The highest BCUT2D eigenvalue weighted by atomic mass is 32.2. The fourth-order valence-corrected chi connectivity index (χ4v) is 4.21. The minimum absolute atomic E-state index is 0.0468. The van der Waals surface area contributed by atoms with Gasteiger partial charge in [0.25, 0.3) is 5.91 Å². The van der Waals surface area contributed by atoms with Gasteiger partial charge in [-0.2, -0.15) is 0 Å². The Morgan fingerprint density at radius 3 is 2.16 bits per heavy atom. The zero-order valence-electron chi connectivity index (χ0n) is 18.1. The molecule has 0 radical (unpaired) electrons. The monoisotopic (exact) mass is 438 g/mol. The number of nitrogens with zero attached hydrogens (tertiary/aromatic N) is 2. The van der Waals surface area contributed by atoms with Crippen molar-refractivity contribution in [3.63, 3.8) is 0 Å². The molecular formula is C24H26N2O4S. The van der Waals surface area contributed by atoms with E-state index in [9.17, 15) is 13.2 Å². The maximum absolute atomic E-state index is 13.6. The third-order valence-electron chi connectivity index (χ3n) is 4.94. The Balaban J connectivity index is 2.08. The number of aryl methyl sites for hydroxylation is 1. The first-order chi connectivity index (χ1) is 14.7. The van der Waals surface area contributed by atoms with E-state index < -0.39 is 10.0 Å². The summed E-state index contributed by atoms with van der Waals surface area (Å²) in [4.78, 5) is 15.2. The van der Waals surface area contributed by atoms with Crippen LogP contribution in [0.3, 0.4) is 0 Å². The van der Waals surface area contributed by atoms with E-state index in [1.165, 1.54) is 33.3 Å². The van der Waals surface area contributed by atoms with Gasteiger partial charge >= 0.3 is 0 Å². The molecule has 7 heteroatoms. The first-order valence-electron chi connectivity index (χ1n) is 9.77. The van der Waals surface area contributed by atoms with E-state index in [1.54, 1.807) is 11.0 Å². The van der Waals surface area contributed by atoms with Crippen LogP contribution in [0.4, 0.5) is 5.69 Å². The van der Waals surface area contributed by atoms with Gasteiger partial charge < -0.3 is 9.64 Å². The van der Waals surface area contributed by atoms with Crippen molar-refractivity contribution in [1.29, 1.82) is 0 Å². The number of carbonyl (C=O) groups is 1. The summed E-state index contributed by atoms with van der Waals surface area (Å²) in [6.07, 6.45) is 0. The van der Waals surface area contributed by atoms with Gasteiger partial charge in [0.15, 0.2) is 0 Å². The molecule has 3 aromatic carbocycles. The summed E-state index contributed by atoms with van der Waals surface area (Å²) >= 11 is 0. The van der Waals surface area contributed by atoms with Crippen LogP contribution in [0.1, 0.15) is 21.5 Å². The fraction of sp³-hybridized carbons (Fsp3) is 0.208. The van der Waals surface area contributed by atoms with Crippen LogP contribution in [0.2, 0.25) is 0 Å². The standard InChI is InChI=1S/C24H26N2O4S/c1-18-10-13-21(14-11-18)26(17-19-8-6-5-7-9-19)24(27)20-12-15-22(30-4)23(16-20)31(28,29)25(2)3/h5-16H,17H2,1-4H3. The number of methoxy groups -OCH3 is 1. The summed E-state index contributed by atoms with van der Waals surface area (Å²) in [6.45, 7) is 2.33. The average Bonchev–Trinajstić information content (AvgIpc) is 2.78. The number of amides is 1. The Kier molecular flexibility index (Phi) is 6.77. The Bertz CT molecular complexity index is 1160. The molecule has 162 valence electrons. The maximum atomic E-state index is 13.6. The van der Waals surface area contributed by atoms with Crippen molar-refractivity contribution in [2.75, 3.05) is 26.1 Å². The number of anilines is 1. The first-order valence-corrected chi connectivity index (χ1v) is 11.2. The molecule has 31 heavy (non-hydrogen) atoms. The van der Waals surface area contributed by atoms with Crippen molar-refractivity contribution in [3.8, 4) is 5.75 Å². The van der Waals surface area contributed by atoms with Crippen LogP contribution in [0.15, 0.2) is 77.7 Å². The summed E-state index contributed by atoms with van der Waals surface area (Å²) in [5, 5.41) is 0. The third kappa shape index (κ3) is 4.95. The lowest BCUT2D eigenvalue weighted by Crippen LogP contribution is -2.31. The van der Waals surface area contributed by atoms with Gasteiger partial charge in [0.2, 0.25) is 10.0 Å². The van der Waals surface area contributed by atoms with Gasteiger partial charge in [0, 0.05) is 25.3 Å². The van der Waals surface area contributed by atoms with E-state index in [-0.39, 0.29) is 22.1 Å². The van der Waals surface area contributed by atoms with Gasteiger partial charge in [-0.05, 0) is 42.8 Å². The SMILES string of the molecule is COc1ccc(C(=O)N(Cc2ccccc2)c2ccc(C)cc2)cc1S(=O)(=O)N(C)C. The molecule has 3 rings (SSSR count). The Morgan fingerprint density at radius 1 is 0.935 bits per heavy atom. The van der Waals surface area contributed by atoms with Crippen LogP contribution >= 0.6 is 0 Å². The molecule has 0 aliphatic carbocycles. The Labute approximate surface area is 183 Å². The van der Waals surface area contributed by atoms with Gasteiger partial charge in [-0.25, -0.2) is 12.7 Å². The normalized spacial score (nSPS) is 11.4. The zero-order valence-corrected chi connectivity index (χ0v) is 18.9. The number of carbonyl (C=O) groups excluding carboxylic acids is 1. The highest BCUT2D eigenvalue weighted by Crippen LogP contribution is 2.29. The summed E-state index contributed by atoms with van der Waals surface area (Å²) < 4.78 is 31.9. The van der Waals surface area contributed by atoms with Crippen LogP contribution in [0.5, 0.6) is 5.75 Å². The van der Waals surface area contributed by atoms with Crippen LogP contribution in [-0.4, -0.2) is 39.8 Å². The Hall–Kier alpha value is -3.16. The molecule has 0 bridgehead atoms. The first kappa shape index (κ1) is 22.5. The molecule has 0 heterocycles. The van der Waals surface area contributed by atoms with Crippen molar-refractivity contribution in [2.24, 2.45) is 0 Å². The molecular weight excluding hydrogens is 412 g/mol. The number of rotatable bonds is 7. The quantitative estimate of drug-likeness (QED) is 0.557. The summed E-state index contributed by atoms with van der Waals surface area (Å²) in [5.41, 5.74) is 3.04. The largest absolute Gasteiger partial charge is 0.495 e. The highest BCUT2D eigenvalue weighted by Gasteiger charge is 2.26. The van der Waals surface area contributed by atoms with Gasteiger partial charge in [-0.3, -0.25) is 4.79 Å². The topological polar surface area (TPSA) is 66.9 Å². The van der Waals surface area contributed by atoms with Gasteiger partial charge in [0.1, 0.15) is 10.6 Å². The number of ether oxygens (including phenoxy) is 1. The van der Waals surface area contributed by atoms with Crippen LogP contribution in [-0.2, 0) is 16.6 Å². The average molecular weight is 439 g/mol. The molecule has 0 fully saturated rings. The van der Waals surface area contributed by atoms with E-state index in [0.717, 1.165) is 21.1 Å². The van der Waals surface area contributed by atoms with Crippen molar-refractivity contribution >= 4 is 21.6 Å². The third-order valence-corrected chi connectivity index (χ3v) is 6.78. The van der Waals surface area contributed by atoms with Crippen molar-refractivity contribution < 1.29 is 17.9 Å². The molecule has 0 aliphatic heterocycles. The lowest BCUT2D eigenvalue weighted by Gasteiger charge is -2.24. The molecule has 0 N–H and O–H groups in total. The minimum atomic E-state index is -3.79. The lowest BCUT2D eigenvalue weighted by molar-refractivity contribution is 0.0985. The van der Waals surface area contributed by atoms with Gasteiger partial charge in [-0.1, -0.05) is 48.0 Å². The fourth-order valence-electron chi connectivity index (χ4n) is 3.13. The number of hydrogen-bond acceptors (Lipinski definition) is 4. The van der Waals surface area contributed by atoms with Crippen molar-refractivity contribution in [3.05, 3.63) is 89.5 Å². The smallest absolute Gasteiger partial charge is 0.258 e. The summed E-state index contributed by atoms with van der Waals surface area (Å²) in [6, 6.07) is 21.8. The number of benzene rings is 3.